The first kappa shape index (κ1) is 14.4. The largest absolute Gasteiger partial charge is 0.335 e. The lowest BCUT2D eigenvalue weighted by atomic mass is 10.2. The first-order chi connectivity index (χ1) is 9.25. The highest BCUT2D eigenvalue weighted by Gasteiger charge is 2.14. The molecule has 1 aromatic rings. The zero-order valence-corrected chi connectivity index (χ0v) is 12.0. The van der Waals surface area contributed by atoms with Crippen molar-refractivity contribution in [1.29, 1.82) is 0 Å². The summed E-state index contributed by atoms with van der Waals surface area (Å²) in [7, 11) is 0. The topological polar surface area (TPSA) is 33.5 Å². The van der Waals surface area contributed by atoms with E-state index in [9.17, 15) is 4.79 Å². The fourth-order valence-corrected chi connectivity index (χ4v) is 2.73. The Morgan fingerprint density at radius 1 is 1.16 bits per heavy atom. The van der Waals surface area contributed by atoms with E-state index in [4.69, 9.17) is 11.6 Å². The van der Waals surface area contributed by atoms with E-state index < -0.39 is 0 Å². The Bertz CT molecular complexity index is 414. The van der Waals surface area contributed by atoms with Crippen LogP contribution >= 0.6 is 11.6 Å². The number of benzene rings is 1. The second-order valence-electron chi connectivity index (χ2n) is 5.19. The summed E-state index contributed by atoms with van der Waals surface area (Å²) >= 11 is 6.02. The van der Waals surface area contributed by atoms with E-state index in [0.717, 1.165) is 6.54 Å². The molecule has 19 heavy (non-hydrogen) atoms. The van der Waals surface area contributed by atoms with Crippen molar-refractivity contribution in [3.05, 3.63) is 29.3 Å². The molecule has 2 rings (SSSR count). The van der Waals surface area contributed by atoms with Gasteiger partial charge in [-0.15, -0.1) is 0 Å². The molecule has 0 unspecified atom stereocenters. The number of amides is 1. The molecule has 0 bridgehead atoms. The molecule has 1 fully saturated rings. The molecule has 2 N–H and O–H groups in total. The number of hydrogen-bond acceptors (Lipinski definition) is 1. The summed E-state index contributed by atoms with van der Waals surface area (Å²) in [6.07, 6.45) is 5.84. The van der Waals surface area contributed by atoms with Gasteiger partial charge >= 0.3 is 0 Å². The number of para-hydroxylation sites is 1. The summed E-state index contributed by atoms with van der Waals surface area (Å²) in [6, 6.07) is 7.36. The average Bonchev–Trinajstić information content (AvgIpc) is 2.68. The standard InChI is InChI=1S/C15H21ClN2O/c16-13-7-3-4-8-14(13)17-15(19)9-12-18-10-5-1-2-6-11-18/h3-4,7-8H,1-2,5-6,9-12H2,(H,17,19)/p+1. The number of halogens is 1. The van der Waals surface area contributed by atoms with Gasteiger partial charge in [0.25, 0.3) is 0 Å². The van der Waals surface area contributed by atoms with Gasteiger partial charge in [0.2, 0.25) is 5.91 Å². The van der Waals surface area contributed by atoms with E-state index in [1.54, 1.807) is 11.0 Å². The van der Waals surface area contributed by atoms with E-state index in [0.29, 0.717) is 17.1 Å². The number of rotatable bonds is 4. The van der Waals surface area contributed by atoms with Crippen LogP contribution in [0.2, 0.25) is 5.02 Å². The molecule has 0 aromatic heterocycles. The molecule has 0 saturated carbocycles. The van der Waals surface area contributed by atoms with Gasteiger partial charge in [0.1, 0.15) is 0 Å². The van der Waals surface area contributed by atoms with Crippen LogP contribution in [0.1, 0.15) is 32.1 Å². The highest BCUT2D eigenvalue weighted by Crippen LogP contribution is 2.20. The van der Waals surface area contributed by atoms with E-state index in [1.165, 1.54) is 38.8 Å². The lowest BCUT2D eigenvalue weighted by molar-refractivity contribution is -0.898. The van der Waals surface area contributed by atoms with Gasteiger partial charge in [-0.05, 0) is 37.8 Å². The van der Waals surface area contributed by atoms with Crippen molar-refractivity contribution in [1.82, 2.24) is 0 Å². The predicted molar refractivity (Wildman–Crippen MR) is 78.7 cm³/mol. The van der Waals surface area contributed by atoms with Crippen LogP contribution < -0.4 is 10.2 Å². The monoisotopic (exact) mass is 281 g/mol. The van der Waals surface area contributed by atoms with Gasteiger partial charge in [-0.3, -0.25) is 4.79 Å². The summed E-state index contributed by atoms with van der Waals surface area (Å²) < 4.78 is 0. The Morgan fingerprint density at radius 3 is 2.53 bits per heavy atom. The molecule has 0 aliphatic carbocycles. The Hall–Kier alpha value is -1.06. The molecule has 104 valence electrons. The molecular formula is C15H22ClN2O+. The average molecular weight is 282 g/mol. The minimum Gasteiger partial charge on any atom is -0.335 e. The van der Waals surface area contributed by atoms with E-state index in [-0.39, 0.29) is 5.91 Å². The summed E-state index contributed by atoms with van der Waals surface area (Å²) in [5.41, 5.74) is 0.708. The van der Waals surface area contributed by atoms with Crippen LogP contribution in [0, 0.1) is 0 Å². The zero-order chi connectivity index (χ0) is 13.5. The highest BCUT2D eigenvalue weighted by atomic mass is 35.5. The number of carbonyl (C=O) groups is 1. The quantitative estimate of drug-likeness (QED) is 0.871. The first-order valence-electron chi connectivity index (χ1n) is 7.13. The summed E-state index contributed by atoms with van der Waals surface area (Å²) in [5.74, 6) is 0.0600. The Morgan fingerprint density at radius 2 is 1.84 bits per heavy atom. The van der Waals surface area contributed by atoms with E-state index >= 15 is 0 Å². The molecular weight excluding hydrogens is 260 g/mol. The number of quaternary nitrogens is 1. The van der Waals surface area contributed by atoms with Crippen LogP contribution in [0.3, 0.4) is 0 Å². The third kappa shape index (κ3) is 4.84. The second-order valence-corrected chi connectivity index (χ2v) is 5.60. The Labute approximate surface area is 119 Å². The maximum atomic E-state index is 11.9. The van der Waals surface area contributed by atoms with Crippen LogP contribution in [-0.4, -0.2) is 25.5 Å². The second kappa shape index (κ2) is 7.51. The molecule has 0 radical (unpaired) electrons. The predicted octanol–water partition coefficient (Wildman–Crippen LogP) is 2.13. The molecule has 3 nitrogen and oxygen atoms in total. The maximum absolute atomic E-state index is 11.9. The Kier molecular flexibility index (Phi) is 5.67. The van der Waals surface area contributed by atoms with Gasteiger partial charge < -0.3 is 10.2 Å². The number of anilines is 1. The van der Waals surface area contributed by atoms with Crippen molar-refractivity contribution in [2.45, 2.75) is 32.1 Å². The maximum Gasteiger partial charge on any atom is 0.230 e. The third-order valence-corrected chi connectivity index (χ3v) is 3.99. The van der Waals surface area contributed by atoms with Gasteiger partial charge in [-0.2, -0.15) is 0 Å². The lowest BCUT2D eigenvalue weighted by Gasteiger charge is -2.16. The van der Waals surface area contributed by atoms with Crippen LogP contribution in [0.5, 0.6) is 0 Å². The molecule has 1 heterocycles. The minimum absolute atomic E-state index is 0.0600. The number of hydrogen-bond donors (Lipinski definition) is 2. The normalized spacial score (nSPS) is 16.9. The van der Waals surface area contributed by atoms with Gasteiger partial charge in [-0.25, -0.2) is 0 Å². The smallest absolute Gasteiger partial charge is 0.230 e. The molecule has 1 aromatic carbocycles. The van der Waals surface area contributed by atoms with Crippen LogP contribution in [0.15, 0.2) is 24.3 Å². The molecule has 1 aliphatic rings. The summed E-state index contributed by atoms with van der Waals surface area (Å²) in [5, 5.41) is 3.48. The van der Waals surface area contributed by atoms with Crippen LogP contribution in [0.25, 0.3) is 0 Å². The van der Waals surface area contributed by atoms with Crippen molar-refractivity contribution in [2.75, 3.05) is 25.0 Å². The lowest BCUT2D eigenvalue weighted by Crippen LogP contribution is -3.12. The van der Waals surface area contributed by atoms with Crippen molar-refractivity contribution in [3.63, 3.8) is 0 Å². The number of likely N-dealkylation sites (tertiary alicyclic amines) is 1. The van der Waals surface area contributed by atoms with E-state index in [1.807, 2.05) is 18.2 Å². The van der Waals surface area contributed by atoms with E-state index in [2.05, 4.69) is 5.32 Å². The molecule has 0 atom stereocenters. The first-order valence-corrected chi connectivity index (χ1v) is 7.51. The third-order valence-electron chi connectivity index (χ3n) is 3.66. The van der Waals surface area contributed by atoms with Gasteiger partial charge in [0, 0.05) is 0 Å². The molecule has 0 spiro atoms. The molecule has 4 heteroatoms. The van der Waals surface area contributed by atoms with Crippen molar-refractivity contribution in [3.8, 4) is 0 Å². The minimum atomic E-state index is 0.0600. The summed E-state index contributed by atoms with van der Waals surface area (Å²) in [6.45, 7) is 3.34. The highest BCUT2D eigenvalue weighted by molar-refractivity contribution is 6.33. The van der Waals surface area contributed by atoms with Crippen LogP contribution in [-0.2, 0) is 4.79 Å². The number of nitrogens with one attached hydrogen (secondary N) is 2. The zero-order valence-electron chi connectivity index (χ0n) is 11.3. The van der Waals surface area contributed by atoms with Crippen LogP contribution in [0.4, 0.5) is 5.69 Å². The molecule has 1 amide bonds. The van der Waals surface area contributed by atoms with Gasteiger partial charge in [0.15, 0.2) is 0 Å². The van der Waals surface area contributed by atoms with Gasteiger partial charge in [-0.1, -0.05) is 23.7 Å². The molecule has 1 aliphatic heterocycles. The SMILES string of the molecule is O=C(CC[NH+]1CCCCCC1)Nc1ccccc1Cl. The Balaban J connectivity index is 1.76. The molecule has 1 saturated heterocycles. The summed E-state index contributed by atoms with van der Waals surface area (Å²) in [4.78, 5) is 13.5. The fourth-order valence-electron chi connectivity index (χ4n) is 2.54. The van der Waals surface area contributed by atoms with Crippen molar-refractivity contribution < 1.29 is 9.69 Å². The number of carbonyl (C=O) groups excluding carboxylic acids is 1. The fraction of sp³-hybridized carbons (Fsp3) is 0.533. The van der Waals surface area contributed by atoms with Crippen molar-refractivity contribution >= 4 is 23.2 Å². The van der Waals surface area contributed by atoms with Gasteiger partial charge in [0.05, 0.1) is 36.8 Å². The van der Waals surface area contributed by atoms with Crippen molar-refractivity contribution in [2.24, 2.45) is 0 Å².